The number of nitrogens with zero attached hydrogens (tertiary/aromatic N) is 5. The lowest BCUT2D eigenvalue weighted by Crippen LogP contribution is -2.27. The van der Waals surface area contributed by atoms with E-state index in [4.69, 9.17) is 0 Å². The Hall–Kier alpha value is -3.03. The Morgan fingerprint density at radius 2 is 1.92 bits per heavy atom. The monoisotopic (exact) mass is 354 g/mol. The average molecular weight is 354 g/mol. The molecule has 0 aliphatic carbocycles. The fraction of sp³-hybridized carbons (Fsp3) is 0.333. The van der Waals surface area contributed by atoms with E-state index in [0.717, 1.165) is 42.7 Å². The largest absolute Gasteiger partial charge is 0.356 e. The van der Waals surface area contributed by atoms with E-state index < -0.39 is 0 Å². The number of anilines is 1. The van der Waals surface area contributed by atoms with Gasteiger partial charge in [-0.25, -0.2) is 19.0 Å². The van der Waals surface area contributed by atoms with Gasteiger partial charge in [-0.1, -0.05) is 12.1 Å². The second-order valence-corrected chi connectivity index (χ2v) is 6.33. The molecular weight excluding hydrogens is 335 g/mol. The number of carbonyl (C=O) groups is 1. The van der Waals surface area contributed by atoms with E-state index in [9.17, 15) is 9.18 Å². The van der Waals surface area contributed by atoms with Crippen LogP contribution in [0.15, 0.2) is 36.8 Å². The van der Waals surface area contributed by atoms with Crippen LogP contribution in [0.25, 0.3) is 11.0 Å². The summed E-state index contributed by atoms with van der Waals surface area (Å²) in [5.74, 6) is 0.405. The molecule has 1 amide bonds. The van der Waals surface area contributed by atoms with Crippen molar-refractivity contribution >= 4 is 22.8 Å². The van der Waals surface area contributed by atoms with Crippen molar-refractivity contribution in [1.29, 1.82) is 0 Å². The molecular formula is C18H19FN6O. The summed E-state index contributed by atoms with van der Waals surface area (Å²) in [7, 11) is 0. The number of hydrogen-bond acceptors (Lipinski definition) is 5. The molecule has 0 radical (unpaired) electrons. The third-order valence-corrected chi connectivity index (χ3v) is 4.51. The van der Waals surface area contributed by atoms with Gasteiger partial charge in [-0.05, 0) is 30.5 Å². The first-order valence-electron chi connectivity index (χ1n) is 8.63. The maximum absolute atomic E-state index is 12.9. The summed E-state index contributed by atoms with van der Waals surface area (Å²) in [5, 5.41) is 7.99. The number of nitrogens with one attached hydrogen (secondary N) is 1. The van der Waals surface area contributed by atoms with Gasteiger partial charge in [0.2, 0.25) is 5.91 Å². The van der Waals surface area contributed by atoms with Crippen molar-refractivity contribution in [3.05, 3.63) is 48.2 Å². The summed E-state index contributed by atoms with van der Waals surface area (Å²) in [6.45, 7) is 2.37. The summed E-state index contributed by atoms with van der Waals surface area (Å²) in [4.78, 5) is 23.2. The first kappa shape index (κ1) is 16.4. The molecule has 3 aromatic rings. The minimum atomic E-state index is -0.295. The lowest BCUT2D eigenvalue weighted by atomic mass is 10.2. The predicted octanol–water partition coefficient (Wildman–Crippen LogP) is 1.88. The molecule has 0 bridgehead atoms. The number of aromatic nitrogens is 4. The van der Waals surface area contributed by atoms with E-state index in [1.54, 1.807) is 23.0 Å². The van der Waals surface area contributed by atoms with Gasteiger partial charge in [0.1, 0.15) is 24.5 Å². The normalized spacial score (nSPS) is 14.1. The van der Waals surface area contributed by atoms with Crippen LogP contribution in [0.4, 0.5) is 10.2 Å². The van der Waals surface area contributed by atoms with Crippen LogP contribution in [0.2, 0.25) is 0 Å². The second-order valence-electron chi connectivity index (χ2n) is 6.33. The SMILES string of the molecule is O=C(Cn1ncc2c(N3CCCC3)ncnc21)NCc1ccc(F)cc1. The second kappa shape index (κ2) is 7.07. The average Bonchev–Trinajstić information content (AvgIpc) is 3.31. The summed E-state index contributed by atoms with van der Waals surface area (Å²) < 4.78 is 14.5. The van der Waals surface area contributed by atoms with E-state index in [2.05, 4.69) is 25.3 Å². The number of halogens is 1. The van der Waals surface area contributed by atoms with Gasteiger partial charge in [-0.3, -0.25) is 4.79 Å². The van der Waals surface area contributed by atoms with Crippen molar-refractivity contribution in [1.82, 2.24) is 25.1 Å². The number of rotatable bonds is 5. The summed E-state index contributed by atoms with van der Waals surface area (Å²) >= 11 is 0. The quantitative estimate of drug-likeness (QED) is 0.757. The highest BCUT2D eigenvalue weighted by Crippen LogP contribution is 2.25. The molecule has 8 heteroatoms. The van der Waals surface area contributed by atoms with Gasteiger partial charge in [0.15, 0.2) is 5.65 Å². The number of benzene rings is 1. The van der Waals surface area contributed by atoms with Crippen molar-refractivity contribution in [3.8, 4) is 0 Å². The molecule has 3 heterocycles. The minimum Gasteiger partial charge on any atom is -0.356 e. The summed E-state index contributed by atoms with van der Waals surface area (Å²) in [6, 6.07) is 6.04. The zero-order valence-corrected chi connectivity index (χ0v) is 14.2. The molecule has 1 saturated heterocycles. The molecule has 1 aliphatic rings. The van der Waals surface area contributed by atoms with Crippen LogP contribution in [0.3, 0.4) is 0 Å². The maximum atomic E-state index is 12.9. The molecule has 7 nitrogen and oxygen atoms in total. The molecule has 0 spiro atoms. The molecule has 2 aromatic heterocycles. The summed E-state index contributed by atoms with van der Waals surface area (Å²) in [5.41, 5.74) is 1.49. The van der Waals surface area contributed by atoms with Crippen molar-refractivity contribution in [2.75, 3.05) is 18.0 Å². The highest BCUT2D eigenvalue weighted by molar-refractivity contribution is 5.88. The van der Waals surface area contributed by atoms with Crippen LogP contribution in [0.1, 0.15) is 18.4 Å². The van der Waals surface area contributed by atoms with E-state index >= 15 is 0 Å². The number of carbonyl (C=O) groups excluding carboxylic acids is 1. The Morgan fingerprint density at radius 3 is 2.69 bits per heavy atom. The van der Waals surface area contributed by atoms with Crippen molar-refractivity contribution in [2.45, 2.75) is 25.9 Å². The Labute approximate surface area is 149 Å². The molecule has 0 saturated carbocycles. The third-order valence-electron chi connectivity index (χ3n) is 4.51. The molecule has 1 fully saturated rings. The first-order chi connectivity index (χ1) is 12.7. The Balaban J connectivity index is 1.46. The van der Waals surface area contributed by atoms with Crippen LogP contribution >= 0.6 is 0 Å². The molecule has 1 N–H and O–H groups in total. The molecule has 0 unspecified atom stereocenters. The van der Waals surface area contributed by atoms with Gasteiger partial charge < -0.3 is 10.2 Å². The first-order valence-corrected chi connectivity index (χ1v) is 8.63. The number of hydrogen-bond donors (Lipinski definition) is 1. The zero-order valence-electron chi connectivity index (χ0n) is 14.2. The van der Waals surface area contributed by atoms with E-state index in [-0.39, 0.29) is 18.3 Å². The van der Waals surface area contributed by atoms with Gasteiger partial charge in [0, 0.05) is 19.6 Å². The molecule has 0 atom stereocenters. The molecule has 134 valence electrons. The fourth-order valence-corrected chi connectivity index (χ4v) is 3.17. The zero-order chi connectivity index (χ0) is 17.9. The van der Waals surface area contributed by atoms with Crippen molar-refractivity contribution in [2.24, 2.45) is 0 Å². The van der Waals surface area contributed by atoms with E-state index in [0.29, 0.717) is 12.2 Å². The van der Waals surface area contributed by atoms with Crippen molar-refractivity contribution in [3.63, 3.8) is 0 Å². The topological polar surface area (TPSA) is 75.9 Å². The third kappa shape index (κ3) is 3.35. The van der Waals surface area contributed by atoms with Gasteiger partial charge >= 0.3 is 0 Å². The van der Waals surface area contributed by atoms with Crippen LogP contribution in [0.5, 0.6) is 0 Å². The predicted molar refractivity (Wildman–Crippen MR) is 95.0 cm³/mol. The summed E-state index contributed by atoms with van der Waals surface area (Å²) in [6.07, 6.45) is 5.55. The van der Waals surface area contributed by atoms with Crippen LogP contribution in [0, 0.1) is 5.82 Å². The lowest BCUT2D eigenvalue weighted by molar-refractivity contribution is -0.121. The molecule has 4 rings (SSSR count). The van der Waals surface area contributed by atoms with Crippen LogP contribution in [-0.4, -0.2) is 38.7 Å². The van der Waals surface area contributed by atoms with E-state index in [1.165, 1.54) is 18.5 Å². The van der Waals surface area contributed by atoms with Crippen LogP contribution < -0.4 is 10.2 Å². The van der Waals surface area contributed by atoms with Gasteiger partial charge in [0.05, 0.1) is 11.6 Å². The Bertz CT molecular complexity index is 917. The van der Waals surface area contributed by atoms with Gasteiger partial charge in [0.25, 0.3) is 0 Å². The number of amides is 1. The Kier molecular flexibility index (Phi) is 4.47. The molecule has 1 aromatic carbocycles. The standard InChI is InChI=1S/C18H19FN6O/c19-14-5-3-13(4-6-14)9-20-16(26)11-25-18-15(10-23-25)17(21-12-22-18)24-7-1-2-8-24/h3-6,10,12H,1-2,7-9,11H2,(H,20,26). The number of fused-ring (bicyclic) bond motifs is 1. The molecule has 26 heavy (non-hydrogen) atoms. The van der Waals surface area contributed by atoms with E-state index in [1.807, 2.05) is 0 Å². The van der Waals surface area contributed by atoms with Crippen molar-refractivity contribution < 1.29 is 9.18 Å². The Morgan fingerprint density at radius 1 is 1.15 bits per heavy atom. The fourth-order valence-electron chi connectivity index (χ4n) is 3.17. The maximum Gasteiger partial charge on any atom is 0.242 e. The van der Waals surface area contributed by atoms with Crippen LogP contribution in [-0.2, 0) is 17.9 Å². The highest BCUT2D eigenvalue weighted by atomic mass is 19.1. The minimum absolute atomic E-state index is 0.0706. The molecule has 1 aliphatic heterocycles. The van der Waals surface area contributed by atoms with Gasteiger partial charge in [-0.15, -0.1) is 0 Å². The van der Waals surface area contributed by atoms with Gasteiger partial charge in [-0.2, -0.15) is 5.10 Å². The lowest BCUT2D eigenvalue weighted by Gasteiger charge is -2.16. The highest BCUT2D eigenvalue weighted by Gasteiger charge is 2.19. The smallest absolute Gasteiger partial charge is 0.242 e.